The van der Waals surface area contributed by atoms with Gasteiger partial charge in [0.05, 0.1) is 5.25 Å². The minimum atomic E-state index is -4.75. The Morgan fingerprint density at radius 2 is 2.05 bits per heavy atom. The fourth-order valence-corrected chi connectivity index (χ4v) is 2.85. The van der Waals surface area contributed by atoms with Crippen molar-refractivity contribution in [2.24, 2.45) is 0 Å². The SMILES string of the molecule is O=C(CC1SCCNC1=O)Nc1ccc(OC(F)(F)F)cc1. The maximum atomic E-state index is 12.0. The van der Waals surface area contributed by atoms with E-state index in [0.717, 1.165) is 17.9 Å². The molecular formula is C13H13F3N2O3S. The van der Waals surface area contributed by atoms with Crippen molar-refractivity contribution in [1.82, 2.24) is 5.32 Å². The number of anilines is 1. The fourth-order valence-electron chi connectivity index (χ4n) is 1.84. The van der Waals surface area contributed by atoms with Gasteiger partial charge in [-0.25, -0.2) is 0 Å². The van der Waals surface area contributed by atoms with E-state index >= 15 is 0 Å². The van der Waals surface area contributed by atoms with Crippen molar-refractivity contribution in [1.29, 1.82) is 0 Å². The summed E-state index contributed by atoms with van der Waals surface area (Å²) in [7, 11) is 0. The number of alkyl halides is 3. The van der Waals surface area contributed by atoms with Crippen LogP contribution in [0.15, 0.2) is 24.3 Å². The molecule has 2 N–H and O–H groups in total. The molecule has 0 spiro atoms. The van der Waals surface area contributed by atoms with Gasteiger partial charge in [0.2, 0.25) is 11.8 Å². The van der Waals surface area contributed by atoms with E-state index in [0.29, 0.717) is 12.2 Å². The van der Waals surface area contributed by atoms with Crippen LogP contribution in [-0.2, 0) is 9.59 Å². The average Bonchev–Trinajstić information content (AvgIpc) is 2.42. The number of amides is 2. The highest BCUT2D eigenvalue weighted by Gasteiger charge is 2.31. The van der Waals surface area contributed by atoms with E-state index in [1.54, 1.807) is 0 Å². The van der Waals surface area contributed by atoms with Crippen molar-refractivity contribution in [3.63, 3.8) is 0 Å². The number of rotatable bonds is 4. The number of hydrogen-bond acceptors (Lipinski definition) is 4. The van der Waals surface area contributed by atoms with Crippen LogP contribution in [0.25, 0.3) is 0 Å². The zero-order valence-electron chi connectivity index (χ0n) is 11.3. The van der Waals surface area contributed by atoms with Crippen LogP contribution >= 0.6 is 11.8 Å². The lowest BCUT2D eigenvalue weighted by molar-refractivity contribution is -0.274. The van der Waals surface area contributed by atoms with Crippen LogP contribution < -0.4 is 15.4 Å². The quantitative estimate of drug-likeness (QED) is 0.885. The lowest BCUT2D eigenvalue weighted by Crippen LogP contribution is -2.40. The third-order valence-corrected chi connectivity index (χ3v) is 3.98. The summed E-state index contributed by atoms with van der Waals surface area (Å²) in [5.74, 6) is -0.181. The predicted molar refractivity (Wildman–Crippen MR) is 75.6 cm³/mol. The molecule has 0 bridgehead atoms. The van der Waals surface area contributed by atoms with Crippen molar-refractivity contribution in [2.45, 2.75) is 18.0 Å². The Hall–Kier alpha value is -1.90. The molecule has 1 atom stereocenters. The largest absolute Gasteiger partial charge is 0.573 e. The van der Waals surface area contributed by atoms with E-state index in [2.05, 4.69) is 15.4 Å². The van der Waals surface area contributed by atoms with Crippen LogP contribution in [-0.4, -0.2) is 35.7 Å². The van der Waals surface area contributed by atoms with E-state index in [1.165, 1.54) is 23.9 Å². The highest BCUT2D eigenvalue weighted by atomic mass is 32.2. The Kier molecular flexibility index (Phi) is 5.17. The second-order valence-electron chi connectivity index (χ2n) is 4.47. The fraction of sp³-hybridized carbons (Fsp3) is 0.385. The Bertz CT molecular complexity index is 548. The first-order chi connectivity index (χ1) is 10.3. The first-order valence-corrected chi connectivity index (χ1v) is 7.43. The maximum Gasteiger partial charge on any atom is 0.573 e. The topological polar surface area (TPSA) is 67.4 Å². The van der Waals surface area contributed by atoms with Crippen molar-refractivity contribution in [2.75, 3.05) is 17.6 Å². The van der Waals surface area contributed by atoms with Crippen molar-refractivity contribution in [3.8, 4) is 5.75 Å². The Morgan fingerprint density at radius 1 is 1.36 bits per heavy atom. The molecule has 1 heterocycles. The number of thioether (sulfide) groups is 1. The van der Waals surface area contributed by atoms with E-state index in [9.17, 15) is 22.8 Å². The zero-order chi connectivity index (χ0) is 16.2. The van der Waals surface area contributed by atoms with Crippen molar-refractivity contribution < 1.29 is 27.5 Å². The molecule has 9 heteroatoms. The summed E-state index contributed by atoms with van der Waals surface area (Å²) in [5, 5.41) is 4.76. The highest BCUT2D eigenvalue weighted by molar-refractivity contribution is 8.00. The normalized spacial score (nSPS) is 18.5. The second-order valence-corrected chi connectivity index (χ2v) is 5.79. The van der Waals surface area contributed by atoms with Crippen LogP contribution in [0.4, 0.5) is 18.9 Å². The van der Waals surface area contributed by atoms with Gasteiger partial charge in [-0.15, -0.1) is 24.9 Å². The summed E-state index contributed by atoms with van der Waals surface area (Å²) in [6, 6.07) is 4.80. The molecule has 0 saturated carbocycles. The predicted octanol–water partition coefficient (Wildman–Crippen LogP) is 2.15. The summed E-state index contributed by atoms with van der Waals surface area (Å²) in [6.45, 7) is 0.586. The molecule has 1 unspecified atom stereocenters. The van der Waals surface area contributed by atoms with Crippen LogP contribution in [0.3, 0.4) is 0 Å². The van der Waals surface area contributed by atoms with Gasteiger partial charge in [-0.1, -0.05) is 0 Å². The lowest BCUT2D eigenvalue weighted by atomic mass is 10.2. The molecule has 1 aliphatic heterocycles. The van der Waals surface area contributed by atoms with E-state index in [1.807, 2.05) is 0 Å². The van der Waals surface area contributed by atoms with Crippen LogP contribution in [0.5, 0.6) is 5.75 Å². The summed E-state index contributed by atoms with van der Waals surface area (Å²) in [5.41, 5.74) is 0.334. The standard InChI is InChI=1S/C13H13F3N2O3S/c14-13(15,16)21-9-3-1-8(2-4-9)18-11(19)7-10-12(20)17-5-6-22-10/h1-4,10H,5-7H2,(H,17,20)(H,18,19). The molecule has 0 aliphatic carbocycles. The molecule has 0 radical (unpaired) electrons. The van der Waals surface area contributed by atoms with Gasteiger partial charge in [0, 0.05) is 24.4 Å². The molecular weight excluding hydrogens is 321 g/mol. The van der Waals surface area contributed by atoms with Crippen LogP contribution in [0, 0.1) is 0 Å². The van der Waals surface area contributed by atoms with Gasteiger partial charge in [0.1, 0.15) is 5.75 Å². The van der Waals surface area contributed by atoms with Crippen molar-refractivity contribution in [3.05, 3.63) is 24.3 Å². The number of carbonyl (C=O) groups is 2. The second kappa shape index (κ2) is 6.91. The lowest BCUT2D eigenvalue weighted by Gasteiger charge is -2.20. The maximum absolute atomic E-state index is 12.0. The molecule has 2 amide bonds. The third kappa shape index (κ3) is 5.14. The number of ether oxygens (including phenoxy) is 1. The molecule has 1 aromatic carbocycles. The Labute approximate surface area is 128 Å². The highest BCUT2D eigenvalue weighted by Crippen LogP contribution is 2.24. The monoisotopic (exact) mass is 334 g/mol. The Balaban J connectivity index is 1.87. The van der Waals surface area contributed by atoms with Crippen molar-refractivity contribution >= 4 is 29.3 Å². The summed E-state index contributed by atoms with van der Waals surface area (Å²) >= 11 is 1.40. The van der Waals surface area contributed by atoms with Crippen LogP contribution in [0.1, 0.15) is 6.42 Å². The number of benzene rings is 1. The van der Waals surface area contributed by atoms with Gasteiger partial charge in [0.25, 0.3) is 0 Å². The van der Waals surface area contributed by atoms with Gasteiger partial charge in [-0.2, -0.15) is 0 Å². The third-order valence-electron chi connectivity index (χ3n) is 2.76. The van der Waals surface area contributed by atoms with E-state index in [-0.39, 0.29) is 24.0 Å². The molecule has 5 nitrogen and oxygen atoms in total. The first kappa shape index (κ1) is 16.5. The number of carbonyl (C=O) groups excluding carboxylic acids is 2. The van der Waals surface area contributed by atoms with E-state index in [4.69, 9.17) is 0 Å². The minimum Gasteiger partial charge on any atom is -0.406 e. The summed E-state index contributed by atoms with van der Waals surface area (Å²) in [4.78, 5) is 23.3. The summed E-state index contributed by atoms with van der Waals surface area (Å²) in [6.07, 6.45) is -4.74. The first-order valence-electron chi connectivity index (χ1n) is 6.38. The molecule has 0 aromatic heterocycles. The molecule has 1 aromatic rings. The average molecular weight is 334 g/mol. The molecule has 1 aliphatic rings. The molecule has 120 valence electrons. The van der Waals surface area contributed by atoms with Crippen LogP contribution in [0.2, 0.25) is 0 Å². The molecule has 2 rings (SSSR count). The summed E-state index contributed by atoms with van der Waals surface area (Å²) < 4.78 is 39.8. The molecule has 1 saturated heterocycles. The number of hydrogen-bond donors (Lipinski definition) is 2. The number of nitrogens with one attached hydrogen (secondary N) is 2. The van der Waals surface area contributed by atoms with E-state index < -0.39 is 11.6 Å². The van der Waals surface area contributed by atoms with Gasteiger partial charge in [0.15, 0.2) is 0 Å². The molecule has 22 heavy (non-hydrogen) atoms. The van der Waals surface area contributed by atoms with Gasteiger partial charge < -0.3 is 15.4 Å². The van der Waals surface area contributed by atoms with Gasteiger partial charge >= 0.3 is 6.36 Å². The molecule has 1 fully saturated rings. The Morgan fingerprint density at radius 3 is 2.64 bits per heavy atom. The zero-order valence-corrected chi connectivity index (χ0v) is 12.1. The number of halogens is 3. The van der Waals surface area contributed by atoms with Gasteiger partial charge in [-0.3, -0.25) is 9.59 Å². The minimum absolute atomic E-state index is 0.0112. The van der Waals surface area contributed by atoms with Gasteiger partial charge in [-0.05, 0) is 24.3 Å². The smallest absolute Gasteiger partial charge is 0.406 e.